The number of ether oxygens (including phenoxy) is 1. The van der Waals surface area contributed by atoms with Gasteiger partial charge in [0.05, 0.1) is 11.7 Å². The summed E-state index contributed by atoms with van der Waals surface area (Å²) in [4.78, 5) is 28.5. The molecule has 1 atom stereocenters. The van der Waals surface area contributed by atoms with E-state index in [4.69, 9.17) is 0 Å². The maximum atomic E-state index is 12.5. The Labute approximate surface area is 151 Å². The van der Waals surface area contributed by atoms with Crippen molar-refractivity contribution in [2.24, 2.45) is 5.92 Å². The highest BCUT2D eigenvalue weighted by molar-refractivity contribution is 5.95. The highest BCUT2D eigenvalue weighted by Gasteiger charge is 2.35. The predicted octanol–water partition coefficient (Wildman–Crippen LogP) is 2.17. The van der Waals surface area contributed by atoms with E-state index in [2.05, 4.69) is 10.1 Å². The molecule has 2 aliphatic rings. The standard InChI is InChI=1S/C18H23F2N3O3/c1-12(22-8-10-23(11-9-22)17(25)13-6-7-13)16(24)21-14-4-2-3-5-15(14)26-18(19)20/h2-5,12-13,18H,6-11H2,1H3,(H,21,24). The third kappa shape index (κ3) is 4.49. The van der Waals surface area contributed by atoms with E-state index in [-0.39, 0.29) is 29.2 Å². The molecule has 1 aliphatic heterocycles. The van der Waals surface area contributed by atoms with E-state index in [0.717, 1.165) is 12.8 Å². The van der Waals surface area contributed by atoms with Crippen LogP contribution in [0.3, 0.4) is 0 Å². The number of halogens is 2. The molecular formula is C18H23F2N3O3. The lowest BCUT2D eigenvalue weighted by Gasteiger charge is -2.37. The van der Waals surface area contributed by atoms with Crippen LogP contribution in [0.25, 0.3) is 0 Å². The SMILES string of the molecule is CC(C(=O)Nc1ccccc1OC(F)F)N1CCN(C(=O)C2CC2)CC1. The zero-order valence-corrected chi connectivity index (χ0v) is 14.7. The maximum absolute atomic E-state index is 12.5. The van der Waals surface area contributed by atoms with E-state index in [0.29, 0.717) is 26.2 Å². The number of benzene rings is 1. The van der Waals surface area contributed by atoms with Crippen LogP contribution < -0.4 is 10.1 Å². The number of carbonyl (C=O) groups is 2. The Bertz CT molecular complexity index is 659. The molecule has 2 amide bonds. The summed E-state index contributed by atoms with van der Waals surface area (Å²) in [5, 5.41) is 2.66. The maximum Gasteiger partial charge on any atom is 0.387 e. The van der Waals surface area contributed by atoms with Crippen molar-refractivity contribution in [1.29, 1.82) is 0 Å². The van der Waals surface area contributed by atoms with Crippen molar-refractivity contribution >= 4 is 17.5 Å². The van der Waals surface area contributed by atoms with E-state index in [1.54, 1.807) is 19.1 Å². The summed E-state index contributed by atoms with van der Waals surface area (Å²) in [6.07, 6.45) is 1.97. The lowest BCUT2D eigenvalue weighted by Crippen LogP contribution is -2.54. The second-order valence-electron chi connectivity index (χ2n) is 6.68. The average molecular weight is 367 g/mol. The Hall–Kier alpha value is -2.22. The van der Waals surface area contributed by atoms with Crippen molar-refractivity contribution in [2.45, 2.75) is 32.4 Å². The number of hydrogen-bond acceptors (Lipinski definition) is 4. The Morgan fingerprint density at radius 2 is 1.81 bits per heavy atom. The summed E-state index contributed by atoms with van der Waals surface area (Å²) >= 11 is 0. The van der Waals surface area contributed by atoms with Gasteiger partial charge < -0.3 is 15.0 Å². The highest BCUT2D eigenvalue weighted by atomic mass is 19.3. The van der Waals surface area contributed by atoms with Gasteiger partial charge in [-0.15, -0.1) is 0 Å². The third-order valence-electron chi connectivity index (χ3n) is 4.84. The number of carbonyl (C=O) groups excluding carboxylic acids is 2. The van der Waals surface area contributed by atoms with Gasteiger partial charge in [-0.3, -0.25) is 14.5 Å². The molecule has 1 heterocycles. The van der Waals surface area contributed by atoms with Gasteiger partial charge in [0.1, 0.15) is 5.75 Å². The summed E-state index contributed by atoms with van der Waals surface area (Å²) in [5.41, 5.74) is 0.215. The van der Waals surface area contributed by atoms with Crippen LogP contribution in [0, 0.1) is 5.92 Å². The van der Waals surface area contributed by atoms with E-state index in [9.17, 15) is 18.4 Å². The molecule has 142 valence electrons. The third-order valence-corrected chi connectivity index (χ3v) is 4.84. The Morgan fingerprint density at radius 1 is 1.15 bits per heavy atom. The van der Waals surface area contributed by atoms with Crippen LogP contribution in [0.15, 0.2) is 24.3 Å². The quantitative estimate of drug-likeness (QED) is 0.837. The second-order valence-corrected chi connectivity index (χ2v) is 6.68. The Morgan fingerprint density at radius 3 is 2.42 bits per heavy atom. The van der Waals surface area contributed by atoms with Gasteiger partial charge >= 0.3 is 6.61 Å². The van der Waals surface area contributed by atoms with E-state index < -0.39 is 12.7 Å². The first-order valence-electron chi connectivity index (χ1n) is 8.83. The molecule has 1 N–H and O–H groups in total. The molecule has 1 aliphatic carbocycles. The zero-order valence-electron chi connectivity index (χ0n) is 14.7. The van der Waals surface area contributed by atoms with Gasteiger partial charge in [0.25, 0.3) is 0 Å². The minimum atomic E-state index is -2.96. The number of para-hydroxylation sites is 2. The van der Waals surface area contributed by atoms with Crippen molar-refractivity contribution in [1.82, 2.24) is 9.80 Å². The van der Waals surface area contributed by atoms with Crippen LogP contribution in [-0.4, -0.2) is 60.4 Å². The lowest BCUT2D eigenvalue weighted by molar-refractivity contribution is -0.135. The molecule has 26 heavy (non-hydrogen) atoms. The van der Waals surface area contributed by atoms with Crippen LogP contribution in [0.1, 0.15) is 19.8 Å². The van der Waals surface area contributed by atoms with E-state index in [1.807, 2.05) is 9.80 Å². The normalized spacial score (nSPS) is 19.3. The van der Waals surface area contributed by atoms with Gasteiger partial charge in [0, 0.05) is 32.1 Å². The number of nitrogens with zero attached hydrogens (tertiary/aromatic N) is 2. The van der Waals surface area contributed by atoms with Crippen molar-refractivity contribution in [3.05, 3.63) is 24.3 Å². The summed E-state index contributed by atoms with van der Waals surface area (Å²) < 4.78 is 29.4. The van der Waals surface area contributed by atoms with Gasteiger partial charge in [-0.25, -0.2) is 0 Å². The fraction of sp³-hybridized carbons (Fsp3) is 0.556. The first kappa shape index (κ1) is 18.6. The van der Waals surface area contributed by atoms with Crippen LogP contribution in [0.5, 0.6) is 5.75 Å². The lowest BCUT2D eigenvalue weighted by atomic mass is 10.2. The van der Waals surface area contributed by atoms with Gasteiger partial charge in [-0.05, 0) is 31.9 Å². The largest absolute Gasteiger partial charge is 0.433 e. The number of amides is 2. The topological polar surface area (TPSA) is 61.9 Å². The van der Waals surface area contributed by atoms with Crippen LogP contribution in [-0.2, 0) is 9.59 Å². The zero-order chi connectivity index (χ0) is 18.7. The second kappa shape index (κ2) is 7.99. The molecule has 1 aromatic rings. The van der Waals surface area contributed by atoms with Crippen LogP contribution in [0.4, 0.5) is 14.5 Å². The molecule has 2 fully saturated rings. The van der Waals surface area contributed by atoms with Crippen molar-refractivity contribution in [3.63, 3.8) is 0 Å². The van der Waals surface area contributed by atoms with Crippen molar-refractivity contribution in [2.75, 3.05) is 31.5 Å². The van der Waals surface area contributed by atoms with Crippen molar-refractivity contribution in [3.8, 4) is 5.75 Å². The molecule has 1 aromatic carbocycles. The van der Waals surface area contributed by atoms with Crippen LogP contribution >= 0.6 is 0 Å². The summed E-state index contributed by atoms with van der Waals surface area (Å²) in [7, 11) is 0. The predicted molar refractivity (Wildman–Crippen MR) is 92.0 cm³/mol. The minimum absolute atomic E-state index is 0.0668. The van der Waals surface area contributed by atoms with E-state index >= 15 is 0 Å². The van der Waals surface area contributed by atoms with Crippen LogP contribution in [0.2, 0.25) is 0 Å². The summed E-state index contributed by atoms with van der Waals surface area (Å²) in [6.45, 7) is 1.26. The monoisotopic (exact) mass is 367 g/mol. The fourth-order valence-electron chi connectivity index (χ4n) is 3.09. The number of alkyl halides is 2. The number of nitrogens with one attached hydrogen (secondary N) is 1. The molecule has 1 saturated heterocycles. The molecule has 0 radical (unpaired) electrons. The summed E-state index contributed by atoms with van der Waals surface area (Å²) in [5.74, 6) is 0.0635. The molecule has 0 spiro atoms. The first-order chi connectivity index (χ1) is 12.5. The summed E-state index contributed by atoms with van der Waals surface area (Å²) in [6, 6.07) is 5.67. The van der Waals surface area contributed by atoms with E-state index in [1.165, 1.54) is 12.1 Å². The minimum Gasteiger partial charge on any atom is -0.433 e. The highest BCUT2D eigenvalue weighted by Crippen LogP contribution is 2.31. The van der Waals surface area contributed by atoms with Gasteiger partial charge in [-0.2, -0.15) is 8.78 Å². The van der Waals surface area contributed by atoms with Gasteiger partial charge in [0.2, 0.25) is 11.8 Å². The fourth-order valence-corrected chi connectivity index (χ4v) is 3.09. The smallest absolute Gasteiger partial charge is 0.387 e. The molecular weight excluding hydrogens is 344 g/mol. The van der Waals surface area contributed by atoms with Gasteiger partial charge in [0.15, 0.2) is 0 Å². The Balaban J connectivity index is 1.54. The molecule has 1 unspecified atom stereocenters. The number of anilines is 1. The molecule has 3 rings (SSSR count). The average Bonchev–Trinajstić information content (AvgIpc) is 3.47. The molecule has 6 nitrogen and oxygen atoms in total. The van der Waals surface area contributed by atoms with Crippen molar-refractivity contribution < 1.29 is 23.1 Å². The number of hydrogen-bond donors (Lipinski definition) is 1. The van der Waals surface area contributed by atoms with Gasteiger partial charge in [-0.1, -0.05) is 12.1 Å². The molecule has 0 aromatic heterocycles. The molecule has 0 bridgehead atoms. The molecule has 8 heteroatoms. The Kier molecular flexibility index (Phi) is 5.70. The number of piperazine rings is 1. The number of rotatable bonds is 6. The first-order valence-corrected chi connectivity index (χ1v) is 8.83. The molecule has 1 saturated carbocycles.